The Hall–Kier alpha value is -2.09. The van der Waals surface area contributed by atoms with E-state index < -0.39 is 0 Å². The maximum atomic E-state index is 12.3. The molecule has 0 unspecified atom stereocenters. The Morgan fingerprint density at radius 2 is 2.00 bits per heavy atom. The van der Waals surface area contributed by atoms with Crippen LogP contribution in [0, 0.1) is 12.3 Å². The van der Waals surface area contributed by atoms with Crippen LogP contribution in [0.5, 0.6) is 0 Å². The Bertz CT molecular complexity index is 806. The van der Waals surface area contributed by atoms with Crippen molar-refractivity contribution in [2.24, 2.45) is 5.41 Å². The molecule has 0 fully saturated rings. The largest absolute Gasteiger partial charge is 0.462 e. The van der Waals surface area contributed by atoms with E-state index in [0.717, 1.165) is 24.8 Å². The number of unbranched alkanes of at least 4 members (excludes halogenated alkanes) is 1. The minimum Gasteiger partial charge on any atom is -0.462 e. The summed E-state index contributed by atoms with van der Waals surface area (Å²) < 4.78 is 5.38. The number of hydrogen-bond donors (Lipinski definition) is 0. The van der Waals surface area contributed by atoms with Crippen molar-refractivity contribution in [2.75, 3.05) is 6.61 Å². The molecule has 0 N–H and O–H groups in total. The number of esters is 1. The predicted octanol–water partition coefficient (Wildman–Crippen LogP) is 7.44. The molecule has 0 amide bonds. The van der Waals surface area contributed by atoms with E-state index in [1.54, 1.807) is 0 Å². The third-order valence-electron chi connectivity index (χ3n) is 5.87. The minimum absolute atomic E-state index is 0.131. The molecular formula is C26H36O2. The van der Waals surface area contributed by atoms with Gasteiger partial charge in [-0.25, -0.2) is 4.79 Å². The smallest absolute Gasteiger partial charge is 0.338 e. The molecule has 152 valence electrons. The molecule has 0 saturated carbocycles. The van der Waals surface area contributed by atoms with Crippen molar-refractivity contribution in [1.29, 1.82) is 0 Å². The van der Waals surface area contributed by atoms with E-state index in [4.69, 9.17) is 4.74 Å². The van der Waals surface area contributed by atoms with E-state index in [9.17, 15) is 4.79 Å². The van der Waals surface area contributed by atoms with E-state index in [2.05, 4.69) is 54.2 Å². The van der Waals surface area contributed by atoms with Crippen molar-refractivity contribution >= 4 is 11.5 Å². The van der Waals surface area contributed by atoms with Gasteiger partial charge in [0.25, 0.3) is 0 Å². The lowest BCUT2D eigenvalue weighted by Gasteiger charge is -2.37. The first-order chi connectivity index (χ1) is 13.2. The van der Waals surface area contributed by atoms with Crippen LogP contribution in [0.25, 0.3) is 5.57 Å². The second kappa shape index (κ2) is 9.41. The van der Waals surface area contributed by atoms with E-state index in [1.807, 2.05) is 18.2 Å². The molecule has 2 nitrogen and oxygen atoms in total. The zero-order valence-corrected chi connectivity index (χ0v) is 18.6. The van der Waals surface area contributed by atoms with Crippen molar-refractivity contribution < 1.29 is 9.53 Å². The summed E-state index contributed by atoms with van der Waals surface area (Å²) in [6.45, 7) is 17.8. The van der Waals surface area contributed by atoms with Gasteiger partial charge in [-0.05, 0) is 91.8 Å². The standard InChI is InChI=1S/C26H36O2/c1-8-10-16-28-25(27)21-13-14-22(20(5)17-21)23(18(3)9-2)24-19(4)12-11-15-26(24,6)7/h9,13-14,17H,2,8,10-12,15-16H2,1,3-7H3. The molecule has 0 heterocycles. The Morgan fingerprint density at radius 3 is 2.57 bits per heavy atom. The summed E-state index contributed by atoms with van der Waals surface area (Å²) in [5, 5.41) is 0. The van der Waals surface area contributed by atoms with Gasteiger partial charge in [-0.2, -0.15) is 0 Å². The first kappa shape index (κ1) is 22.2. The molecule has 28 heavy (non-hydrogen) atoms. The minimum atomic E-state index is -0.234. The highest BCUT2D eigenvalue weighted by molar-refractivity contribution is 5.92. The number of allylic oxidation sites excluding steroid dienone is 5. The third-order valence-corrected chi connectivity index (χ3v) is 5.87. The second-order valence-electron chi connectivity index (χ2n) is 8.67. The SMILES string of the molecule is C=CC(C)=C(C1=C(C)CCCC1(C)C)c1ccc(C(=O)OCCCC)cc1C. The van der Waals surface area contributed by atoms with Gasteiger partial charge in [-0.1, -0.05) is 51.5 Å². The van der Waals surface area contributed by atoms with Crippen molar-refractivity contribution in [3.05, 3.63) is 64.3 Å². The van der Waals surface area contributed by atoms with Gasteiger partial charge in [0, 0.05) is 0 Å². The van der Waals surface area contributed by atoms with Crippen LogP contribution in [0.4, 0.5) is 0 Å². The van der Waals surface area contributed by atoms with Crippen LogP contribution in [-0.2, 0) is 4.74 Å². The summed E-state index contributed by atoms with van der Waals surface area (Å²) in [5.74, 6) is -0.234. The lowest BCUT2D eigenvalue weighted by Crippen LogP contribution is -2.22. The maximum absolute atomic E-state index is 12.3. The van der Waals surface area contributed by atoms with Crippen molar-refractivity contribution in [1.82, 2.24) is 0 Å². The summed E-state index contributed by atoms with van der Waals surface area (Å²) in [7, 11) is 0. The fourth-order valence-corrected chi connectivity index (χ4v) is 4.28. The Labute approximate surface area is 171 Å². The summed E-state index contributed by atoms with van der Waals surface area (Å²) >= 11 is 0. The Kier molecular flexibility index (Phi) is 7.46. The van der Waals surface area contributed by atoms with Gasteiger partial charge in [0.15, 0.2) is 0 Å². The van der Waals surface area contributed by atoms with Crippen LogP contribution >= 0.6 is 0 Å². The molecule has 0 aromatic heterocycles. The van der Waals surface area contributed by atoms with E-state index in [0.29, 0.717) is 12.2 Å². The van der Waals surface area contributed by atoms with Crippen molar-refractivity contribution in [3.8, 4) is 0 Å². The van der Waals surface area contributed by atoms with Crippen molar-refractivity contribution in [3.63, 3.8) is 0 Å². The normalized spacial score (nSPS) is 17.2. The molecule has 1 aromatic rings. The lowest BCUT2D eigenvalue weighted by molar-refractivity contribution is 0.0499. The Balaban J connectivity index is 2.50. The van der Waals surface area contributed by atoms with E-state index in [1.165, 1.54) is 40.7 Å². The van der Waals surface area contributed by atoms with Crippen LogP contribution in [0.2, 0.25) is 0 Å². The third kappa shape index (κ3) is 4.84. The van der Waals surface area contributed by atoms with E-state index in [-0.39, 0.29) is 11.4 Å². The molecule has 0 spiro atoms. The lowest BCUT2D eigenvalue weighted by atomic mass is 9.67. The van der Waals surface area contributed by atoms with Gasteiger partial charge in [0.1, 0.15) is 0 Å². The number of aryl methyl sites for hydroxylation is 1. The molecule has 1 aromatic carbocycles. The molecule has 2 rings (SSSR count). The summed E-state index contributed by atoms with van der Waals surface area (Å²) in [4.78, 5) is 12.3. The van der Waals surface area contributed by atoms with Crippen LogP contribution in [0.3, 0.4) is 0 Å². The number of benzene rings is 1. The Morgan fingerprint density at radius 1 is 1.29 bits per heavy atom. The molecule has 1 aliphatic rings. The van der Waals surface area contributed by atoms with Gasteiger partial charge in [0.2, 0.25) is 0 Å². The first-order valence-corrected chi connectivity index (χ1v) is 10.5. The van der Waals surface area contributed by atoms with Gasteiger partial charge >= 0.3 is 5.97 Å². The number of rotatable bonds is 7. The maximum Gasteiger partial charge on any atom is 0.338 e. The average molecular weight is 381 g/mol. The first-order valence-electron chi connectivity index (χ1n) is 10.5. The quantitative estimate of drug-likeness (QED) is 0.279. The fraction of sp³-hybridized carbons (Fsp3) is 0.500. The van der Waals surface area contributed by atoms with Crippen molar-refractivity contribution in [2.45, 2.75) is 73.6 Å². The number of ether oxygens (including phenoxy) is 1. The monoisotopic (exact) mass is 380 g/mol. The average Bonchev–Trinajstić information content (AvgIpc) is 2.64. The highest BCUT2D eigenvalue weighted by atomic mass is 16.5. The molecule has 0 atom stereocenters. The number of hydrogen-bond acceptors (Lipinski definition) is 2. The molecule has 0 radical (unpaired) electrons. The summed E-state index contributed by atoms with van der Waals surface area (Å²) in [6, 6.07) is 5.95. The summed E-state index contributed by atoms with van der Waals surface area (Å²) in [5.41, 5.74) is 8.42. The van der Waals surface area contributed by atoms with Crippen LogP contribution < -0.4 is 0 Å². The second-order valence-corrected chi connectivity index (χ2v) is 8.67. The number of carbonyl (C=O) groups is 1. The van der Waals surface area contributed by atoms with Crippen LogP contribution in [0.15, 0.2) is 47.6 Å². The molecule has 0 saturated heterocycles. The molecular weight excluding hydrogens is 344 g/mol. The van der Waals surface area contributed by atoms with Crippen LogP contribution in [0.1, 0.15) is 88.2 Å². The summed E-state index contributed by atoms with van der Waals surface area (Å²) in [6.07, 6.45) is 7.44. The molecule has 0 aliphatic heterocycles. The van der Waals surface area contributed by atoms with Gasteiger partial charge in [-0.3, -0.25) is 0 Å². The molecule has 1 aliphatic carbocycles. The molecule has 2 heteroatoms. The topological polar surface area (TPSA) is 26.3 Å². The zero-order valence-electron chi connectivity index (χ0n) is 18.6. The van der Waals surface area contributed by atoms with E-state index >= 15 is 0 Å². The van der Waals surface area contributed by atoms with Gasteiger partial charge < -0.3 is 4.74 Å². The van der Waals surface area contributed by atoms with Gasteiger partial charge in [0.05, 0.1) is 12.2 Å². The molecule has 0 bridgehead atoms. The fourth-order valence-electron chi connectivity index (χ4n) is 4.28. The van der Waals surface area contributed by atoms with Crippen LogP contribution in [-0.4, -0.2) is 12.6 Å². The number of carbonyl (C=O) groups excluding carboxylic acids is 1. The highest BCUT2D eigenvalue weighted by Crippen LogP contribution is 2.48. The van der Waals surface area contributed by atoms with Gasteiger partial charge in [-0.15, -0.1) is 0 Å². The predicted molar refractivity (Wildman–Crippen MR) is 119 cm³/mol. The highest BCUT2D eigenvalue weighted by Gasteiger charge is 2.32. The zero-order chi connectivity index (χ0) is 20.9.